The lowest BCUT2D eigenvalue weighted by Crippen LogP contribution is -2.52. The molecule has 0 radical (unpaired) electrons. The molecule has 0 heterocycles. The van der Waals surface area contributed by atoms with Gasteiger partial charge in [-0.1, -0.05) is 0 Å². The first kappa shape index (κ1) is 20.1. The summed E-state index contributed by atoms with van der Waals surface area (Å²) < 4.78 is 134. The van der Waals surface area contributed by atoms with Gasteiger partial charge in [-0.05, 0) is 12.1 Å². The van der Waals surface area contributed by atoms with Crippen LogP contribution in [0.25, 0.3) is 0 Å². The third-order valence-corrected chi connectivity index (χ3v) is 3.29. The van der Waals surface area contributed by atoms with E-state index in [9.17, 15) is 48.3 Å². The maximum absolute atomic E-state index is 13.1. The van der Waals surface area contributed by atoms with Crippen LogP contribution in [0.4, 0.5) is 35.1 Å². The van der Waals surface area contributed by atoms with E-state index in [0.29, 0.717) is 0 Å². The van der Waals surface area contributed by atoms with Crippen molar-refractivity contribution in [2.24, 2.45) is 0 Å². The molecule has 24 heavy (non-hydrogen) atoms. The molecule has 0 spiro atoms. The minimum absolute atomic E-state index is 0.167. The molecule has 0 bridgehead atoms. The lowest BCUT2D eigenvalue weighted by Gasteiger charge is -2.26. The predicted molar refractivity (Wildman–Crippen MR) is 58.1 cm³/mol. The van der Waals surface area contributed by atoms with Gasteiger partial charge in [-0.25, -0.2) is 18.0 Å². The molecule has 0 saturated heterocycles. The van der Waals surface area contributed by atoms with Crippen LogP contribution < -0.4 is 0 Å². The Kier molecular flexibility index (Phi) is 5.15. The molecule has 1 aromatic rings. The molecule has 0 aromatic heterocycles. The number of hydrogen-bond acceptors (Lipinski definition) is 4. The maximum Gasteiger partial charge on any atom is 0.432 e. The van der Waals surface area contributed by atoms with Crippen molar-refractivity contribution in [2.45, 2.75) is 17.5 Å². The van der Waals surface area contributed by atoms with Crippen LogP contribution in [0, 0.1) is 17.5 Å². The molecule has 5 nitrogen and oxygen atoms in total. The second-order valence-corrected chi connectivity index (χ2v) is 5.61. The van der Waals surface area contributed by atoms with Gasteiger partial charge in [-0.15, -0.1) is 0 Å². The van der Waals surface area contributed by atoms with Crippen LogP contribution >= 0.6 is 0 Å². The third kappa shape index (κ3) is 3.92. The second kappa shape index (κ2) is 6.16. The normalized spacial score (nSPS) is 14.4. The maximum atomic E-state index is 13.1. The van der Waals surface area contributed by atoms with Gasteiger partial charge in [0, 0.05) is 0 Å². The average molecular weight is 388 g/mol. The van der Waals surface area contributed by atoms with Gasteiger partial charge >= 0.3 is 27.5 Å². The van der Waals surface area contributed by atoms with Gasteiger partial charge in [-0.3, -0.25) is 4.55 Å². The molecule has 1 N–H and O–H groups in total. The number of carbonyl (C=O) groups excluding carboxylic acids is 1. The summed E-state index contributed by atoms with van der Waals surface area (Å²) in [5.41, 5.74) is -1.45. The number of hydrogen-bond donors (Lipinski definition) is 1. The highest BCUT2D eigenvalue weighted by atomic mass is 32.2. The standard InChI is InChI=1S/C10H4F8O5S/c11-4-1-3(2-5(12)6(4)13)7(19)23-8(9(14,15)16)10(17,18)24(20,21)22/h1-2,8H,(H,20,21,22). The summed E-state index contributed by atoms with van der Waals surface area (Å²) in [6.07, 6.45) is -10.9. The molecule has 14 heteroatoms. The minimum atomic E-state index is -6.67. The van der Waals surface area contributed by atoms with Gasteiger partial charge in [-0.2, -0.15) is 30.4 Å². The Bertz CT molecular complexity index is 734. The highest BCUT2D eigenvalue weighted by Crippen LogP contribution is 2.38. The average Bonchev–Trinajstić information content (AvgIpc) is 2.38. The lowest BCUT2D eigenvalue weighted by atomic mass is 10.2. The fraction of sp³-hybridized carbons (Fsp3) is 0.300. The van der Waals surface area contributed by atoms with Crippen LogP contribution in [0.5, 0.6) is 0 Å². The minimum Gasteiger partial charge on any atom is -0.441 e. The van der Waals surface area contributed by atoms with Crippen LogP contribution in [0.15, 0.2) is 12.1 Å². The number of rotatable bonds is 4. The Labute approximate surface area is 127 Å². The number of ether oxygens (including phenoxy) is 1. The summed E-state index contributed by atoms with van der Waals surface area (Å²) in [7, 11) is -6.67. The van der Waals surface area contributed by atoms with Crippen molar-refractivity contribution in [3.8, 4) is 0 Å². The van der Waals surface area contributed by atoms with Gasteiger partial charge < -0.3 is 4.74 Å². The van der Waals surface area contributed by atoms with Gasteiger partial charge in [0.1, 0.15) is 0 Å². The van der Waals surface area contributed by atoms with Crippen molar-refractivity contribution < 1.29 is 57.6 Å². The summed E-state index contributed by atoms with van der Waals surface area (Å²) in [5.74, 6) is -8.65. The fourth-order valence-corrected chi connectivity index (χ4v) is 1.76. The molecule has 0 aliphatic carbocycles. The number of esters is 1. The van der Waals surface area contributed by atoms with Crippen LogP contribution in [0.2, 0.25) is 0 Å². The molecule has 0 fully saturated rings. The first-order valence-electron chi connectivity index (χ1n) is 5.36. The van der Waals surface area contributed by atoms with Gasteiger partial charge in [0.2, 0.25) is 0 Å². The van der Waals surface area contributed by atoms with Crippen molar-refractivity contribution in [3.63, 3.8) is 0 Å². The van der Waals surface area contributed by atoms with Crippen LogP contribution in [-0.2, 0) is 14.9 Å². The SMILES string of the molecule is O=C(OC(C(F)(F)F)C(F)(F)S(=O)(=O)O)c1cc(F)c(F)c(F)c1. The Morgan fingerprint density at radius 3 is 1.79 bits per heavy atom. The molecule has 1 atom stereocenters. The lowest BCUT2D eigenvalue weighted by molar-refractivity contribution is -0.248. The molecular formula is C10H4F8O5S. The molecule has 0 aliphatic heterocycles. The monoisotopic (exact) mass is 388 g/mol. The van der Waals surface area contributed by atoms with E-state index in [4.69, 9.17) is 4.55 Å². The van der Waals surface area contributed by atoms with E-state index in [0.717, 1.165) is 0 Å². The van der Waals surface area contributed by atoms with Gasteiger partial charge in [0.05, 0.1) is 5.56 Å². The van der Waals surface area contributed by atoms with E-state index in [1.54, 1.807) is 0 Å². The number of alkyl halides is 5. The first-order chi connectivity index (χ1) is 10.6. The van der Waals surface area contributed by atoms with Crippen molar-refractivity contribution >= 4 is 16.1 Å². The largest absolute Gasteiger partial charge is 0.441 e. The quantitative estimate of drug-likeness (QED) is 0.371. The fourth-order valence-electron chi connectivity index (χ4n) is 1.31. The number of benzene rings is 1. The van der Waals surface area contributed by atoms with Gasteiger partial charge in [0.15, 0.2) is 17.5 Å². The first-order valence-corrected chi connectivity index (χ1v) is 6.80. The van der Waals surface area contributed by atoms with E-state index in [-0.39, 0.29) is 12.1 Å². The van der Waals surface area contributed by atoms with Crippen LogP contribution in [0.1, 0.15) is 10.4 Å². The number of carbonyl (C=O) groups is 1. The Balaban J connectivity index is 3.29. The molecule has 1 rings (SSSR count). The molecule has 0 aliphatic rings. The Morgan fingerprint density at radius 2 is 1.46 bits per heavy atom. The Morgan fingerprint density at radius 1 is 1.04 bits per heavy atom. The molecule has 0 saturated carbocycles. The zero-order chi connectivity index (χ0) is 19.1. The van der Waals surface area contributed by atoms with Crippen molar-refractivity contribution in [3.05, 3.63) is 35.1 Å². The summed E-state index contributed by atoms with van der Waals surface area (Å²) in [4.78, 5) is 11.3. The molecular weight excluding hydrogens is 384 g/mol. The van der Waals surface area contributed by atoms with Crippen molar-refractivity contribution in [2.75, 3.05) is 0 Å². The Hall–Kier alpha value is -1.96. The second-order valence-electron chi connectivity index (χ2n) is 4.12. The van der Waals surface area contributed by atoms with E-state index in [2.05, 4.69) is 4.74 Å². The molecule has 0 amide bonds. The number of halogens is 8. The zero-order valence-electron chi connectivity index (χ0n) is 10.7. The van der Waals surface area contributed by atoms with Gasteiger partial charge in [0.25, 0.3) is 6.10 Å². The highest BCUT2D eigenvalue weighted by molar-refractivity contribution is 7.86. The van der Waals surface area contributed by atoms with E-state index < -0.39 is 56.6 Å². The molecule has 1 unspecified atom stereocenters. The summed E-state index contributed by atoms with van der Waals surface area (Å²) in [6, 6.07) is -0.334. The molecule has 136 valence electrons. The summed E-state index contributed by atoms with van der Waals surface area (Å²) >= 11 is 0. The van der Waals surface area contributed by atoms with Crippen molar-refractivity contribution in [1.29, 1.82) is 0 Å². The highest BCUT2D eigenvalue weighted by Gasteiger charge is 2.66. The van der Waals surface area contributed by atoms with Crippen molar-refractivity contribution in [1.82, 2.24) is 0 Å². The van der Waals surface area contributed by atoms with E-state index >= 15 is 0 Å². The predicted octanol–water partition coefficient (Wildman–Crippen LogP) is 2.67. The van der Waals surface area contributed by atoms with Crippen LogP contribution in [-0.4, -0.2) is 36.5 Å². The van der Waals surface area contributed by atoms with E-state index in [1.165, 1.54) is 0 Å². The summed E-state index contributed by atoms with van der Waals surface area (Å²) in [5, 5.41) is -6.02. The van der Waals surface area contributed by atoms with Crippen LogP contribution in [0.3, 0.4) is 0 Å². The zero-order valence-corrected chi connectivity index (χ0v) is 11.6. The van der Waals surface area contributed by atoms with E-state index in [1.807, 2.05) is 0 Å². The smallest absolute Gasteiger partial charge is 0.432 e. The summed E-state index contributed by atoms with van der Waals surface area (Å²) in [6.45, 7) is 0. The molecule has 1 aromatic carbocycles. The third-order valence-electron chi connectivity index (χ3n) is 2.39. The topological polar surface area (TPSA) is 80.7 Å².